The number of aryl methyl sites for hydroxylation is 3. The van der Waals surface area contributed by atoms with Crippen molar-refractivity contribution in [2.24, 2.45) is 0 Å². The first-order valence-corrected chi connectivity index (χ1v) is 10.8. The van der Waals surface area contributed by atoms with Gasteiger partial charge in [0, 0.05) is 6.42 Å². The summed E-state index contributed by atoms with van der Waals surface area (Å²) in [6.07, 6.45) is 0.971. The van der Waals surface area contributed by atoms with Crippen molar-refractivity contribution in [3.8, 4) is 5.75 Å². The van der Waals surface area contributed by atoms with Crippen molar-refractivity contribution < 1.29 is 9.53 Å². The summed E-state index contributed by atoms with van der Waals surface area (Å²) >= 11 is 1.54. The Morgan fingerprint density at radius 1 is 0.967 bits per heavy atom. The third kappa shape index (κ3) is 3.94. The van der Waals surface area contributed by atoms with Gasteiger partial charge in [-0.25, -0.2) is 4.98 Å². The maximum atomic E-state index is 13.6. The molecule has 0 N–H and O–H groups in total. The molecule has 3 aromatic carbocycles. The van der Waals surface area contributed by atoms with Crippen LogP contribution in [0.1, 0.15) is 23.1 Å². The van der Waals surface area contributed by atoms with E-state index in [1.807, 2.05) is 80.6 Å². The molecule has 0 bridgehead atoms. The summed E-state index contributed by atoms with van der Waals surface area (Å²) in [6.45, 7) is 4.08. The van der Waals surface area contributed by atoms with E-state index in [4.69, 9.17) is 9.72 Å². The number of fused-ring (bicyclic) bond motifs is 1. The number of anilines is 2. The Morgan fingerprint density at radius 2 is 1.67 bits per heavy atom. The lowest BCUT2D eigenvalue weighted by Gasteiger charge is -2.24. The van der Waals surface area contributed by atoms with Gasteiger partial charge in [-0.2, -0.15) is 0 Å². The van der Waals surface area contributed by atoms with Gasteiger partial charge in [0.15, 0.2) is 5.13 Å². The standard InChI is InChI=1S/C25H24N2O2S/c1-17-9-8-10-18(2)24(17)27(25-26-20-12-5-7-14-22(20)30-25)23(28)16-15-19-11-4-6-13-21(19)29-3/h4-14H,15-16H2,1-3H3. The molecule has 4 nitrogen and oxygen atoms in total. The molecule has 1 aromatic heterocycles. The number of benzene rings is 3. The number of ether oxygens (including phenoxy) is 1. The van der Waals surface area contributed by atoms with Crippen molar-refractivity contribution in [2.75, 3.05) is 12.0 Å². The molecular weight excluding hydrogens is 392 g/mol. The molecule has 0 unspecified atom stereocenters. The quantitative estimate of drug-likeness (QED) is 0.375. The largest absolute Gasteiger partial charge is 0.496 e. The normalized spacial score (nSPS) is 10.9. The minimum atomic E-state index is 0.0253. The van der Waals surface area contributed by atoms with Gasteiger partial charge in [-0.05, 0) is 55.2 Å². The molecule has 0 saturated heterocycles. The van der Waals surface area contributed by atoms with E-state index in [9.17, 15) is 4.79 Å². The number of carbonyl (C=O) groups is 1. The zero-order chi connectivity index (χ0) is 21.1. The van der Waals surface area contributed by atoms with Gasteiger partial charge >= 0.3 is 0 Å². The molecule has 1 heterocycles. The van der Waals surface area contributed by atoms with E-state index in [2.05, 4.69) is 0 Å². The Morgan fingerprint density at radius 3 is 2.40 bits per heavy atom. The fourth-order valence-corrected chi connectivity index (χ4v) is 4.69. The molecular formula is C25H24N2O2S. The van der Waals surface area contributed by atoms with Crippen LogP contribution in [-0.4, -0.2) is 18.0 Å². The van der Waals surface area contributed by atoms with Gasteiger partial charge in [0.05, 0.1) is 23.0 Å². The van der Waals surface area contributed by atoms with Crippen LogP contribution in [0.2, 0.25) is 0 Å². The topological polar surface area (TPSA) is 42.4 Å². The molecule has 0 fully saturated rings. The van der Waals surface area contributed by atoms with Crippen molar-refractivity contribution >= 4 is 38.3 Å². The predicted octanol–water partition coefficient (Wildman–Crippen LogP) is 6.22. The number of para-hydroxylation sites is 3. The molecule has 0 aliphatic carbocycles. The van der Waals surface area contributed by atoms with Crippen molar-refractivity contribution in [2.45, 2.75) is 26.7 Å². The molecule has 0 saturated carbocycles. The maximum absolute atomic E-state index is 13.6. The van der Waals surface area contributed by atoms with E-state index in [0.717, 1.165) is 38.3 Å². The number of amides is 1. The highest BCUT2D eigenvalue weighted by molar-refractivity contribution is 7.22. The van der Waals surface area contributed by atoms with Crippen LogP contribution in [0, 0.1) is 13.8 Å². The van der Waals surface area contributed by atoms with Crippen molar-refractivity contribution in [3.05, 3.63) is 83.4 Å². The average molecular weight is 417 g/mol. The van der Waals surface area contributed by atoms with E-state index in [1.165, 1.54) is 0 Å². The number of carbonyl (C=O) groups excluding carboxylic acids is 1. The number of thiazole rings is 1. The lowest BCUT2D eigenvalue weighted by Crippen LogP contribution is -2.27. The average Bonchev–Trinajstić information content (AvgIpc) is 3.18. The number of nitrogens with zero attached hydrogens (tertiary/aromatic N) is 2. The van der Waals surface area contributed by atoms with Gasteiger partial charge in [-0.1, -0.05) is 59.9 Å². The molecule has 30 heavy (non-hydrogen) atoms. The van der Waals surface area contributed by atoms with Gasteiger partial charge in [-0.15, -0.1) is 0 Å². The molecule has 4 rings (SSSR count). The Kier molecular flexibility index (Phi) is 5.81. The van der Waals surface area contributed by atoms with Gasteiger partial charge in [0.2, 0.25) is 5.91 Å². The van der Waals surface area contributed by atoms with Gasteiger partial charge < -0.3 is 4.74 Å². The Labute approximate surface area is 180 Å². The van der Waals surface area contributed by atoms with Crippen LogP contribution in [0.15, 0.2) is 66.7 Å². The summed E-state index contributed by atoms with van der Waals surface area (Å²) in [5.74, 6) is 0.835. The summed E-state index contributed by atoms with van der Waals surface area (Å²) in [5.41, 5.74) is 4.96. The Balaban J connectivity index is 1.72. The summed E-state index contributed by atoms with van der Waals surface area (Å²) in [6, 6.07) is 21.9. The molecule has 1 amide bonds. The second-order valence-corrected chi connectivity index (χ2v) is 8.25. The van der Waals surface area contributed by atoms with Gasteiger partial charge in [-0.3, -0.25) is 9.69 Å². The Hall–Kier alpha value is -3.18. The molecule has 0 spiro atoms. The van der Waals surface area contributed by atoms with Crippen LogP contribution in [-0.2, 0) is 11.2 Å². The summed E-state index contributed by atoms with van der Waals surface area (Å²) in [5, 5.41) is 0.707. The van der Waals surface area contributed by atoms with Crippen LogP contribution in [0.25, 0.3) is 10.2 Å². The fraction of sp³-hybridized carbons (Fsp3) is 0.200. The van der Waals surface area contributed by atoms with Crippen molar-refractivity contribution in [1.29, 1.82) is 0 Å². The first-order chi connectivity index (χ1) is 14.6. The molecule has 0 aliphatic rings. The predicted molar refractivity (Wildman–Crippen MR) is 124 cm³/mol. The van der Waals surface area contributed by atoms with Crippen molar-refractivity contribution in [1.82, 2.24) is 4.98 Å². The third-order valence-electron chi connectivity index (χ3n) is 5.19. The van der Waals surface area contributed by atoms with Crippen LogP contribution in [0.4, 0.5) is 10.8 Å². The second-order valence-electron chi connectivity index (χ2n) is 7.25. The van der Waals surface area contributed by atoms with E-state index < -0.39 is 0 Å². The molecule has 4 aromatic rings. The monoisotopic (exact) mass is 416 g/mol. The highest BCUT2D eigenvalue weighted by Gasteiger charge is 2.24. The lowest BCUT2D eigenvalue weighted by atomic mass is 10.1. The SMILES string of the molecule is COc1ccccc1CCC(=O)N(c1nc2ccccc2s1)c1c(C)cccc1C. The fourth-order valence-electron chi connectivity index (χ4n) is 3.70. The molecule has 0 aliphatic heterocycles. The highest BCUT2D eigenvalue weighted by Crippen LogP contribution is 2.37. The molecule has 5 heteroatoms. The van der Waals surface area contributed by atoms with E-state index in [1.54, 1.807) is 23.3 Å². The number of methoxy groups -OCH3 is 1. The smallest absolute Gasteiger partial charge is 0.233 e. The van der Waals surface area contributed by atoms with Gasteiger partial charge in [0.1, 0.15) is 5.75 Å². The van der Waals surface area contributed by atoms with E-state index in [-0.39, 0.29) is 5.91 Å². The number of hydrogen-bond acceptors (Lipinski definition) is 4. The number of rotatable bonds is 6. The maximum Gasteiger partial charge on any atom is 0.233 e. The number of hydrogen-bond donors (Lipinski definition) is 0. The van der Waals surface area contributed by atoms with Crippen LogP contribution in [0.5, 0.6) is 5.75 Å². The molecule has 0 atom stereocenters. The second kappa shape index (κ2) is 8.67. The van der Waals surface area contributed by atoms with Crippen LogP contribution in [0.3, 0.4) is 0 Å². The first-order valence-electron chi connectivity index (χ1n) is 9.95. The van der Waals surface area contributed by atoms with Crippen LogP contribution < -0.4 is 9.64 Å². The van der Waals surface area contributed by atoms with Crippen molar-refractivity contribution in [3.63, 3.8) is 0 Å². The molecule has 152 valence electrons. The van der Waals surface area contributed by atoms with Crippen LogP contribution >= 0.6 is 11.3 Å². The van der Waals surface area contributed by atoms with Gasteiger partial charge in [0.25, 0.3) is 0 Å². The van der Waals surface area contributed by atoms with E-state index >= 15 is 0 Å². The third-order valence-corrected chi connectivity index (χ3v) is 6.21. The minimum Gasteiger partial charge on any atom is -0.496 e. The lowest BCUT2D eigenvalue weighted by molar-refractivity contribution is -0.117. The zero-order valence-corrected chi connectivity index (χ0v) is 18.2. The summed E-state index contributed by atoms with van der Waals surface area (Å²) < 4.78 is 6.52. The zero-order valence-electron chi connectivity index (χ0n) is 17.4. The highest BCUT2D eigenvalue weighted by atomic mass is 32.1. The Bertz CT molecular complexity index is 1150. The van der Waals surface area contributed by atoms with E-state index in [0.29, 0.717) is 18.0 Å². The minimum absolute atomic E-state index is 0.0253. The summed E-state index contributed by atoms with van der Waals surface area (Å²) in [7, 11) is 1.66. The number of aromatic nitrogens is 1. The first kappa shape index (κ1) is 20.1. The summed E-state index contributed by atoms with van der Waals surface area (Å²) in [4.78, 5) is 20.1. The molecule has 0 radical (unpaired) electrons.